The number of carbonyl (C=O) groups excluding carboxylic acids is 1. The van der Waals surface area contributed by atoms with E-state index < -0.39 is 5.82 Å². The van der Waals surface area contributed by atoms with Crippen molar-refractivity contribution >= 4 is 35.1 Å². The van der Waals surface area contributed by atoms with Crippen molar-refractivity contribution in [1.29, 1.82) is 0 Å². The van der Waals surface area contributed by atoms with E-state index in [-0.39, 0.29) is 17.1 Å². The van der Waals surface area contributed by atoms with Gasteiger partial charge in [-0.2, -0.15) is 0 Å². The predicted octanol–water partition coefficient (Wildman–Crippen LogP) is 4.76. The van der Waals surface area contributed by atoms with Crippen molar-refractivity contribution in [3.63, 3.8) is 0 Å². The molecular formula is C16H14ClFN2OS. The summed E-state index contributed by atoms with van der Waals surface area (Å²) in [5.41, 5.74) is 1.16. The first kappa shape index (κ1) is 15.2. The molecule has 6 heteroatoms. The number of carbonyl (C=O) groups is 1. The maximum Gasteiger partial charge on any atom is 0.323 e. The fourth-order valence-electron chi connectivity index (χ4n) is 2.36. The normalized spacial score (nSPS) is 17.5. The highest BCUT2D eigenvalue weighted by Crippen LogP contribution is 2.38. The zero-order valence-corrected chi connectivity index (χ0v) is 13.2. The second kappa shape index (κ2) is 6.58. The summed E-state index contributed by atoms with van der Waals surface area (Å²) in [4.78, 5) is 14.1. The van der Waals surface area contributed by atoms with Crippen molar-refractivity contribution in [3.05, 3.63) is 64.9 Å². The molecule has 0 bridgehead atoms. The van der Waals surface area contributed by atoms with Crippen LogP contribution in [0.3, 0.4) is 0 Å². The third-order valence-corrected chi connectivity index (χ3v) is 4.90. The second-order valence-electron chi connectivity index (χ2n) is 4.88. The highest BCUT2D eigenvalue weighted by atomic mass is 35.5. The van der Waals surface area contributed by atoms with Gasteiger partial charge in [-0.15, -0.1) is 11.8 Å². The number of urea groups is 1. The Morgan fingerprint density at radius 2 is 2.09 bits per heavy atom. The maximum absolute atomic E-state index is 13.7. The Bertz CT molecular complexity index is 697. The third-order valence-electron chi connectivity index (χ3n) is 3.40. The van der Waals surface area contributed by atoms with Gasteiger partial charge in [-0.3, -0.25) is 0 Å². The lowest BCUT2D eigenvalue weighted by atomic mass is 10.2. The first-order valence-electron chi connectivity index (χ1n) is 6.84. The number of anilines is 1. The van der Waals surface area contributed by atoms with Crippen LogP contribution in [0.5, 0.6) is 0 Å². The van der Waals surface area contributed by atoms with Crippen LogP contribution in [0, 0.1) is 5.82 Å². The molecule has 0 spiro atoms. The monoisotopic (exact) mass is 336 g/mol. The third kappa shape index (κ3) is 3.20. The molecule has 0 unspecified atom stereocenters. The number of rotatable bonds is 2. The topological polar surface area (TPSA) is 32.3 Å². The highest BCUT2D eigenvalue weighted by Gasteiger charge is 2.31. The van der Waals surface area contributed by atoms with E-state index in [1.54, 1.807) is 40.9 Å². The maximum atomic E-state index is 13.7. The smallest absolute Gasteiger partial charge is 0.308 e. The quantitative estimate of drug-likeness (QED) is 0.857. The minimum absolute atomic E-state index is 0.106. The molecule has 1 N–H and O–H groups in total. The van der Waals surface area contributed by atoms with E-state index in [1.807, 2.05) is 18.2 Å². The molecule has 1 aliphatic rings. The van der Waals surface area contributed by atoms with Gasteiger partial charge in [-0.1, -0.05) is 35.9 Å². The molecule has 1 heterocycles. The molecule has 0 aliphatic carbocycles. The lowest BCUT2D eigenvalue weighted by Gasteiger charge is -2.24. The number of para-hydroxylation sites is 1. The molecule has 2 aromatic carbocycles. The molecule has 2 aromatic rings. The van der Waals surface area contributed by atoms with Crippen molar-refractivity contribution < 1.29 is 9.18 Å². The van der Waals surface area contributed by atoms with Gasteiger partial charge >= 0.3 is 6.03 Å². The van der Waals surface area contributed by atoms with Crippen LogP contribution in [0.1, 0.15) is 10.9 Å². The summed E-state index contributed by atoms with van der Waals surface area (Å²) in [6, 6.07) is 13.3. The van der Waals surface area contributed by atoms with Gasteiger partial charge in [0.25, 0.3) is 0 Å². The molecule has 22 heavy (non-hydrogen) atoms. The number of nitrogens with one attached hydrogen (secondary N) is 1. The summed E-state index contributed by atoms with van der Waals surface area (Å²) in [6.07, 6.45) is 0. The highest BCUT2D eigenvalue weighted by molar-refractivity contribution is 7.99. The first-order chi connectivity index (χ1) is 10.6. The van der Waals surface area contributed by atoms with Crippen LogP contribution in [0.4, 0.5) is 14.9 Å². The second-order valence-corrected chi connectivity index (χ2v) is 6.51. The van der Waals surface area contributed by atoms with Gasteiger partial charge < -0.3 is 10.2 Å². The van der Waals surface area contributed by atoms with E-state index in [9.17, 15) is 9.18 Å². The first-order valence-corrected chi connectivity index (χ1v) is 8.27. The van der Waals surface area contributed by atoms with Gasteiger partial charge in [-0.05, 0) is 29.8 Å². The molecule has 2 amide bonds. The summed E-state index contributed by atoms with van der Waals surface area (Å²) in [5.74, 6) is 0.393. The minimum Gasteiger partial charge on any atom is -0.308 e. The average Bonchev–Trinajstić information content (AvgIpc) is 2.99. The van der Waals surface area contributed by atoms with Crippen molar-refractivity contribution in [2.75, 3.05) is 17.6 Å². The van der Waals surface area contributed by atoms with Crippen LogP contribution in [0.15, 0.2) is 48.5 Å². The molecule has 114 valence electrons. The van der Waals surface area contributed by atoms with Crippen LogP contribution in [-0.4, -0.2) is 23.2 Å². The van der Waals surface area contributed by atoms with Crippen molar-refractivity contribution in [1.82, 2.24) is 4.90 Å². The Balaban J connectivity index is 1.78. The largest absolute Gasteiger partial charge is 0.323 e. The zero-order valence-electron chi connectivity index (χ0n) is 11.6. The van der Waals surface area contributed by atoms with Gasteiger partial charge in [-0.25, -0.2) is 9.18 Å². The fraction of sp³-hybridized carbons (Fsp3) is 0.188. The molecular weight excluding hydrogens is 323 g/mol. The molecule has 0 saturated carbocycles. The summed E-state index contributed by atoms with van der Waals surface area (Å²) in [7, 11) is 0. The lowest BCUT2D eigenvalue weighted by Crippen LogP contribution is -2.34. The number of nitrogens with zero attached hydrogens (tertiary/aromatic N) is 1. The number of benzene rings is 2. The number of halogens is 2. The van der Waals surface area contributed by atoms with E-state index in [0.29, 0.717) is 11.6 Å². The van der Waals surface area contributed by atoms with Crippen LogP contribution in [0.25, 0.3) is 0 Å². The molecule has 1 aliphatic heterocycles. The standard InChI is InChI=1S/C16H14ClFN2OS/c17-12-5-3-4-11(10-12)15-20(8-9-22-15)16(21)19-14-7-2-1-6-13(14)18/h1-7,10,15H,8-9H2,(H,19,21)/t15-/m1/s1. The summed E-state index contributed by atoms with van der Waals surface area (Å²) < 4.78 is 13.7. The molecule has 1 fully saturated rings. The molecule has 0 radical (unpaired) electrons. The average molecular weight is 337 g/mol. The predicted molar refractivity (Wildman–Crippen MR) is 88.8 cm³/mol. The Kier molecular flexibility index (Phi) is 4.55. The zero-order chi connectivity index (χ0) is 15.5. The number of thioether (sulfide) groups is 1. The van der Waals surface area contributed by atoms with Crippen LogP contribution < -0.4 is 5.32 Å². The molecule has 3 nitrogen and oxygen atoms in total. The molecule has 1 atom stereocenters. The number of hydrogen-bond donors (Lipinski definition) is 1. The van der Waals surface area contributed by atoms with Gasteiger partial charge in [0.1, 0.15) is 11.2 Å². The van der Waals surface area contributed by atoms with E-state index in [2.05, 4.69) is 5.32 Å². The van der Waals surface area contributed by atoms with E-state index in [1.165, 1.54) is 6.07 Å². The summed E-state index contributed by atoms with van der Waals surface area (Å²) in [6.45, 7) is 0.613. The van der Waals surface area contributed by atoms with E-state index in [4.69, 9.17) is 11.6 Å². The molecule has 1 saturated heterocycles. The van der Waals surface area contributed by atoms with Crippen LogP contribution >= 0.6 is 23.4 Å². The van der Waals surface area contributed by atoms with Crippen molar-refractivity contribution in [2.45, 2.75) is 5.37 Å². The van der Waals surface area contributed by atoms with Gasteiger partial charge in [0.2, 0.25) is 0 Å². The Morgan fingerprint density at radius 3 is 2.86 bits per heavy atom. The van der Waals surface area contributed by atoms with Crippen molar-refractivity contribution in [3.8, 4) is 0 Å². The number of hydrogen-bond acceptors (Lipinski definition) is 2. The lowest BCUT2D eigenvalue weighted by molar-refractivity contribution is 0.214. The van der Waals surface area contributed by atoms with E-state index in [0.717, 1.165) is 11.3 Å². The van der Waals surface area contributed by atoms with Gasteiger partial charge in [0.15, 0.2) is 0 Å². The fourth-order valence-corrected chi connectivity index (χ4v) is 3.81. The van der Waals surface area contributed by atoms with E-state index >= 15 is 0 Å². The van der Waals surface area contributed by atoms with Gasteiger partial charge in [0.05, 0.1) is 5.69 Å². The SMILES string of the molecule is O=C(Nc1ccccc1F)N1CCS[C@@H]1c1cccc(Cl)c1. The van der Waals surface area contributed by atoms with Gasteiger partial charge in [0, 0.05) is 17.3 Å². The minimum atomic E-state index is -0.443. The Morgan fingerprint density at radius 1 is 1.27 bits per heavy atom. The number of amides is 2. The Labute approximate surface area is 137 Å². The Hall–Kier alpha value is -1.72. The molecule has 0 aromatic heterocycles. The summed E-state index contributed by atoms with van der Waals surface area (Å²) >= 11 is 7.69. The summed E-state index contributed by atoms with van der Waals surface area (Å²) in [5, 5.41) is 3.16. The van der Waals surface area contributed by atoms with Crippen LogP contribution in [0.2, 0.25) is 5.02 Å². The molecule has 3 rings (SSSR count). The van der Waals surface area contributed by atoms with Crippen LogP contribution in [-0.2, 0) is 0 Å². The van der Waals surface area contributed by atoms with Crippen molar-refractivity contribution in [2.24, 2.45) is 0 Å².